The highest BCUT2D eigenvalue weighted by molar-refractivity contribution is 5.96. The van der Waals surface area contributed by atoms with Gasteiger partial charge in [0.2, 0.25) is 0 Å². The predicted molar refractivity (Wildman–Crippen MR) is 94.1 cm³/mol. The number of para-hydroxylation sites is 1. The minimum absolute atomic E-state index is 0.256. The average Bonchev–Trinajstić information content (AvgIpc) is 3.05. The Morgan fingerprint density at radius 2 is 2.08 bits per heavy atom. The molecule has 0 saturated carbocycles. The van der Waals surface area contributed by atoms with Crippen molar-refractivity contribution in [2.75, 3.05) is 6.61 Å². The molecule has 0 aliphatic heterocycles. The number of hydrogen-bond acceptors (Lipinski definition) is 4. The van der Waals surface area contributed by atoms with E-state index in [0.717, 1.165) is 16.5 Å². The number of hydrogen-bond donors (Lipinski definition) is 2. The number of fused-ring (bicyclic) bond motifs is 1. The smallest absolute Gasteiger partial charge is 0.328 e. The van der Waals surface area contributed by atoms with Gasteiger partial charge in [-0.05, 0) is 30.7 Å². The highest BCUT2D eigenvalue weighted by atomic mass is 16.5. The summed E-state index contributed by atoms with van der Waals surface area (Å²) in [7, 11) is 0. The third-order valence-corrected chi connectivity index (χ3v) is 3.90. The van der Waals surface area contributed by atoms with Crippen molar-refractivity contribution in [3.8, 4) is 0 Å². The zero-order chi connectivity index (χ0) is 17.6. The van der Waals surface area contributed by atoms with Crippen LogP contribution in [0, 0.1) is 0 Å². The first-order valence-corrected chi connectivity index (χ1v) is 8.11. The van der Waals surface area contributed by atoms with Gasteiger partial charge in [0.1, 0.15) is 6.04 Å². The van der Waals surface area contributed by atoms with E-state index in [-0.39, 0.29) is 12.5 Å². The number of ether oxygens (including phenoxy) is 1. The van der Waals surface area contributed by atoms with Crippen molar-refractivity contribution in [1.29, 1.82) is 0 Å². The number of aromatic amines is 1. The molecule has 0 spiro atoms. The molecule has 1 unspecified atom stereocenters. The normalized spacial score (nSPS) is 11.9. The van der Waals surface area contributed by atoms with Gasteiger partial charge in [0.05, 0.1) is 12.2 Å². The maximum atomic E-state index is 12.4. The summed E-state index contributed by atoms with van der Waals surface area (Å²) >= 11 is 0. The Kier molecular flexibility index (Phi) is 5.09. The molecule has 0 fully saturated rings. The molecule has 1 atom stereocenters. The van der Waals surface area contributed by atoms with Crippen LogP contribution >= 0.6 is 0 Å². The second-order valence-corrected chi connectivity index (χ2v) is 5.58. The molecule has 3 rings (SSSR count). The summed E-state index contributed by atoms with van der Waals surface area (Å²) in [6.45, 7) is 2.00. The number of carbonyl (C=O) groups excluding carboxylic acids is 2. The summed E-state index contributed by atoms with van der Waals surface area (Å²) < 4.78 is 5.12. The lowest BCUT2D eigenvalue weighted by Crippen LogP contribution is -2.43. The Labute approximate surface area is 145 Å². The maximum absolute atomic E-state index is 12.4. The van der Waals surface area contributed by atoms with Crippen LogP contribution < -0.4 is 5.32 Å². The van der Waals surface area contributed by atoms with Crippen molar-refractivity contribution in [2.24, 2.45) is 0 Å². The first-order chi connectivity index (χ1) is 12.2. The Morgan fingerprint density at radius 3 is 2.84 bits per heavy atom. The Hall–Kier alpha value is -3.15. The van der Waals surface area contributed by atoms with Gasteiger partial charge >= 0.3 is 5.97 Å². The van der Waals surface area contributed by atoms with Crippen molar-refractivity contribution < 1.29 is 14.3 Å². The molecule has 1 aromatic carbocycles. The summed E-state index contributed by atoms with van der Waals surface area (Å²) in [5.41, 5.74) is 2.33. The van der Waals surface area contributed by atoms with Gasteiger partial charge in [0.25, 0.3) is 5.91 Å². The number of rotatable bonds is 6. The van der Waals surface area contributed by atoms with Crippen LogP contribution in [-0.4, -0.2) is 34.5 Å². The highest BCUT2D eigenvalue weighted by Gasteiger charge is 2.24. The van der Waals surface area contributed by atoms with Crippen LogP contribution in [-0.2, 0) is 16.0 Å². The Bertz CT molecular complexity index is 874. The van der Waals surface area contributed by atoms with Crippen LogP contribution in [0.15, 0.2) is 55.0 Å². The third-order valence-electron chi connectivity index (χ3n) is 3.90. The first-order valence-electron chi connectivity index (χ1n) is 8.11. The fourth-order valence-electron chi connectivity index (χ4n) is 2.70. The SMILES string of the molecule is CCOC(=O)C(Cc1c[nH]c2ccccc12)NC(=O)c1cccnc1. The van der Waals surface area contributed by atoms with E-state index < -0.39 is 12.0 Å². The van der Waals surface area contributed by atoms with Gasteiger partial charge in [-0.15, -0.1) is 0 Å². The lowest BCUT2D eigenvalue weighted by molar-refractivity contribution is -0.145. The number of nitrogens with zero attached hydrogens (tertiary/aromatic N) is 1. The average molecular weight is 337 g/mol. The van der Waals surface area contributed by atoms with E-state index in [9.17, 15) is 9.59 Å². The lowest BCUT2D eigenvalue weighted by atomic mass is 10.0. The summed E-state index contributed by atoms with van der Waals surface area (Å²) in [4.78, 5) is 31.8. The largest absolute Gasteiger partial charge is 0.464 e. The quantitative estimate of drug-likeness (QED) is 0.677. The van der Waals surface area contributed by atoms with Gasteiger partial charge in [-0.2, -0.15) is 0 Å². The number of nitrogens with one attached hydrogen (secondary N) is 2. The van der Waals surface area contributed by atoms with Crippen molar-refractivity contribution in [3.05, 3.63) is 66.1 Å². The van der Waals surface area contributed by atoms with Gasteiger partial charge in [-0.3, -0.25) is 9.78 Å². The standard InChI is InChI=1S/C19H19N3O3/c1-2-25-19(24)17(22-18(23)13-6-5-9-20-11-13)10-14-12-21-16-8-4-3-7-15(14)16/h3-9,11-12,17,21H,2,10H2,1H3,(H,22,23). The van der Waals surface area contributed by atoms with Gasteiger partial charge in [0, 0.05) is 35.9 Å². The minimum atomic E-state index is -0.771. The Balaban J connectivity index is 1.82. The van der Waals surface area contributed by atoms with Crippen molar-refractivity contribution >= 4 is 22.8 Å². The molecule has 3 aromatic rings. The maximum Gasteiger partial charge on any atom is 0.328 e. The number of carbonyl (C=O) groups is 2. The molecule has 0 aliphatic carbocycles. The number of aromatic nitrogens is 2. The summed E-state index contributed by atoms with van der Waals surface area (Å²) in [5, 5.41) is 3.77. The second kappa shape index (κ2) is 7.61. The number of pyridine rings is 1. The summed E-state index contributed by atoms with van der Waals surface area (Å²) in [5.74, 6) is -0.809. The number of benzene rings is 1. The van der Waals surface area contributed by atoms with Crippen molar-refractivity contribution in [2.45, 2.75) is 19.4 Å². The molecule has 2 aromatic heterocycles. The molecule has 6 nitrogen and oxygen atoms in total. The molecular weight excluding hydrogens is 318 g/mol. The zero-order valence-corrected chi connectivity index (χ0v) is 13.9. The second-order valence-electron chi connectivity index (χ2n) is 5.58. The van der Waals surface area contributed by atoms with Gasteiger partial charge in [-0.1, -0.05) is 18.2 Å². The van der Waals surface area contributed by atoms with E-state index in [1.165, 1.54) is 6.20 Å². The summed E-state index contributed by atoms with van der Waals surface area (Å²) in [6.07, 6.45) is 5.25. The van der Waals surface area contributed by atoms with Gasteiger partial charge in [0.15, 0.2) is 0 Å². The Morgan fingerprint density at radius 1 is 1.24 bits per heavy atom. The van der Waals surface area contributed by atoms with Crippen LogP contribution in [0.4, 0.5) is 0 Å². The van der Waals surface area contributed by atoms with E-state index >= 15 is 0 Å². The van der Waals surface area contributed by atoms with Crippen LogP contribution in [0.2, 0.25) is 0 Å². The predicted octanol–water partition coefficient (Wildman–Crippen LogP) is 2.47. The molecule has 0 bridgehead atoms. The molecule has 6 heteroatoms. The fourth-order valence-corrected chi connectivity index (χ4v) is 2.70. The fraction of sp³-hybridized carbons (Fsp3) is 0.211. The molecule has 25 heavy (non-hydrogen) atoms. The van der Waals surface area contributed by atoms with Gasteiger partial charge in [-0.25, -0.2) is 4.79 Å². The lowest BCUT2D eigenvalue weighted by Gasteiger charge is -2.17. The van der Waals surface area contributed by atoms with Crippen LogP contribution in [0.1, 0.15) is 22.8 Å². The third kappa shape index (κ3) is 3.85. The molecule has 0 aliphatic rings. The van der Waals surface area contributed by atoms with Gasteiger partial charge < -0.3 is 15.0 Å². The van der Waals surface area contributed by atoms with E-state index in [4.69, 9.17) is 4.74 Å². The zero-order valence-electron chi connectivity index (χ0n) is 13.9. The molecule has 1 amide bonds. The van der Waals surface area contributed by atoms with E-state index in [1.54, 1.807) is 25.3 Å². The molecular formula is C19H19N3O3. The monoisotopic (exact) mass is 337 g/mol. The molecule has 2 heterocycles. The van der Waals surface area contributed by atoms with Crippen LogP contribution in [0.5, 0.6) is 0 Å². The summed E-state index contributed by atoms with van der Waals surface area (Å²) in [6, 6.07) is 10.4. The molecule has 0 radical (unpaired) electrons. The van der Waals surface area contributed by atoms with Crippen molar-refractivity contribution in [3.63, 3.8) is 0 Å². The highest BCUT2D eigenvalue weighted by Crippen LogP contribution is 2.19. The number of amides is 1. The molecule has 2 N–H and O–H groups in total. The first kappa shape index (κ1) is 16.7. The number of esters is 1. The molecule has 128 valence electrons. The van der Waals surface area contributed by atoms with Crippen molar-refractivity contribution in [1.82, 2.24) is 15.3 Å². The van der Waals surface area contributed by atoms with Crippen LogP contribution in [0.25, 0.3) is 10.9 Å². The van der Waals surface area contributed by atoms with E-state index in [1.807, 2.05) is 30.5 Å². The van der Waals surface area contributed by atoms with E-state index in [0.29, 0.717) is 12.0 Å². The topological polar surface area (TPSA) is 84.1 Å². The minimum Gasteiger partial charge on any atom is -0.464 e. The van der Waals surface area contributed by atoms with E-state index in [2.05, 4.69) is 15.3 Å². The van der Waals surface area contributed by atoms with Crippen LogP contribution in [0.3, 0.4) is 0 Å². The number of H-pyrrole nitrogens is 1. The molecule has 0 saturated heterocycles.